The summed E-state index contributed by atoms with van der Waals surface area (Å²) in [7, 11) is -3.58. The lowest BCUT2D eigenvalue weighted by atomic mass is 10.4. The van der Waals surface area contributed by atoms with E-state index >= 15 is 0 Å². The van der Waals surface area contributed by atoms with Crippen molar-refractivity contribution >= 4 is 10.0 Å². The van der Waals surface area contributed by atoms with Gasteiger partial charge in [-0.2, -0.15) is 5.10 Å². The normalized spacial score (nSPS) is 12.0. The Kier molecular flexibility index (Phi) is 4.20. The predicted molar refractivity (Wildman–Crippen MR) is 75.6 cm³/mol. The van der Waals surface area contributed by atoms with Crippen LogP contribution in [0, 0.1) is 6.92 Å². The molecule has 0 unspecified atom stereocenters. The number of nitrogens with zero attached hydrogens (tertiary/aromatic N) is 3. The predicted octanol–water partition coefficient (Wildman–Crippen LogP) is 1.65. The highest BCUT2D eigenvalue weighted by molar-refractivity contribution is 7.89. The lowest BCUT2D eigenvalue weighted by molar-refractivity contribution is 0.528. The Morgan fingerprint density at radius 3 is 2.65 bits per heavy atom. The van der Waals surface area contributed by atoms with Crippen LogP contribution in [0.3, 0.4) is 0 Å². The molecule has 108 valence electrons. The second-order valence-electron chi connectivity index (χ2n) is 4.80. The minimum Gasteiger partial charge on any atom is -0.269 e. The second-order valence-corrected chi connectivity index (χ2v) is 6.53. The van der Waals surface area contributed by atoms with Crippen LogP contribution < -0.4 is 4.72 Å². The van der Waals surface area contributed by atoms with Gasteiger partial charge >= 0.3 is 0 Å². The third-order valence-corrected chi connectivity index (χ3v) is 4.36. The van der Waals surface area contributed by atoms with Crippen molar-refractivity contribution in [2.75, 3.05) is 0 Å². The van der Waals surface area contributed by atoms with Crippen molar-refractivity contribution in [3.05, 3.63) is 42.0 Å². The Labute approximate surface area is 118 Å². The highest BCUT2D eigenvalue weighted by atomic mass is 32.2. The Balaban J connectivity index is 2.18. The molecule has 0 aliphatic heterocycles. The number of aromatic nitrogens is 3. The van der Waals surface area contributed by atoms with Crippen LogP contribution >= 0.6 is 0 Å². The van der Waals surface area contributed by atoms with E-state index in [4.69, 9.17) is 0 Å². The summed E-state index contributed by atoms with van der Waals surface area (Å²) in [4.78, 5) is 4.29. The summed E-state index contributed by atoms with van der Waals surface area (Å²) in [5.74, 6) is 0. The van der Waals surface area contributed by atoms with E-state index in [-0.39, 0.29) is 17.5 Å². The lowest BCUT2D eigenvalue weighted by Gasteiger charge is -2.05. The van der Waals surface area contributed by atoms with Crippen LogP contribution in [-0.2, 0) is 16.6 Å². The van der Waals surface area contributed by atoms with Crippen molar-refractivity contribution in [1.82, 2.24) is 19.5 Å². The van der Waals surface area contributed by atoms with Crippen molar-refractivity contribution in [1.29, 1.82) is 0 Å². The molecule has 2 aromatic rings. The van der Waals surface area contributed by atoms with Gasteiger partial charge in [0.05, 0.1) is 17.9 Å². The van der Waals surface area contributed by atoms with Crippen LogP contribution in [0.2, 0.25) is 0 Å². The maximum absolute atomic E-state index is 12.3. The Bertz CT molecular complexity index is 678. The zero-order valence-corrected chi connectivity index (χ0v) is 12.6. The van der Waals surface area contributed by atoms with Gasteiger partial charge in [0, 0.05) is 18.4 Å². The van der Waals surface area contributed by atoms with Gasteiger partial charge in [-0.1, -0.05) is 6.07 Å². The van der Waals surface area contributed by atoms with Crippen molar-refractivity contribution in [3.8, 4) is 0 Å². The highest BCUT2D eigenvalue weighted by Gasteiger charge is 2.20. The Morgan fingerprint density at radius 2 is 2.10 bits per heavy atom. The van der Waals surface area contributed by atoms with Crippen molar-refractivity contribution < 1.29 is 8.42 Å². The van der Waals surface area contributed by atoms with E-state index in [1.165, 1.54) is 0 Å². The van der Waals surface area contributed by atoms with Crippen LogP contribution in [0.15, 0.2) is 35.5 Å². The van der Waals surface area contributed by atoms with Gasteiger partial charge in [-0.05, 0) is 32.9 Å². The molecule has 2 aromatic heterocycles. The molecular formula is C13H18N4O2S. The average Bonchev–Trinajstić information content (AvgIpc) is 2.81. The smallest absolute Gasteiger partial charge is 0.244 e. The van der Waals surface area contributed by atoms with Crippen LogP contribution in [0.25, 0.3) is 0 Å². The van der Waals surface area contributed by atoms with Crippen molar-refractivity contribution in [2.24, 2.45) is 0 Å². The van der Waals surface area contributed by atoms with E-state index in [1.54, 1.807) is 36.1 Å². The number of hydrogen-bond acceptors (Lipinski definition) is 4. The van der Waals surface area contributed by atoms with E-state index in [0.717, 1.165) is 0 Å². The molecule has 2 heterocycles. The molecule has 0 saturated heterocycles. The van der Waals surface area contributed by atoms with Gasteiger partial charge < -0.3 is 0 Å². The molecule has 20 heavy (non-hydrogen) atoms. The van der Waals surface area contributed by atoms with Gasteiger partial charge in [-0.3, -0.25) is 9.67 Å². The van der Waals surface area contributed by atoms with Crippen LogP contribution in [-0.4, -0.2) is 23.2 Å². The molecule has 0 amide bonds. The number of pyridine rings is 1. The minimum absolute atomic E-state index is 0.119. The van der Waals surface area contributed by atoms with Gasteiger partial charge in [0.15, 0.2) is 0 Å². The zero-order valence-electron chi connectivity index (χ0n) is 11.7. The first-order valence-corrected chi connectivity index (χ1v) is 7.84. The van der Waals surface area contributed by atoms with E-state index in [0.29, 0.717) is 11.4 Å². The average molecular weight is 294 g/mol. The quantitative estimate of drug-likeness (QED) is 0.909. The fourth-order valence-corrected chi connectivity index (χ4v) is 2.91. The largest absolute Gasteiger partial charge is 0.269 e. The van der Waals surface area contributed by atoms with Gasteiger partial charge in [0.2, 0.25) is 10.0 Å². The molecular weight excluding hydrogens is 276 g/mol. The molecule has 0 spiro atoms. The molecule has 0 fully saturated rings. The fourth-order valence-electron chi connectivity index (χ4n) is 1.74. The summed E-state index contributed by atoms with van der Waals surface area (Å²) in [6.45, 7) is 5.75. The molecule has 7 heteroatoms. The summed E-state index contributed by atoms with van der Waals surface area (Å²) < 4.78 is 28.7. The molecule has 0 aliphatic carbocycles. The topological polar surface area (TPSA) is 76.9 Å². The maximum Gasteiger partial charge on any atom is 0.244 e. The molecule has 0 radical (unpaired) electrons. The number of aryl methyl sites for hydroxylation is 1. The van der Waals surface area contributed by atoms with E-state index < -0.39 is 10.0 Å². The van der Waals surface area contributed by atoms with Gasteiger partial charge in [-0.15, -0.1) is 0 Å². The van der Waals surface area contributed by atoms with E-state index in [9.17, 15) is 8.42 Å². The monoisotopic (exact) mass is 294 g/mol. The third-order valence-electron chi connectivity index (χ3n) is 2.86. The molecule has 6 nitrogen and oxygen atoms in total. The number of rotatable bonds is 5. The van der Waals surface area contributed by atoms with Crippen LogP contribution in [0.5, 0.6) is 0 Å². The number of nitrogens with one attached hydrogen (secondary N) is 1. The third kappa shape index (κ3) is 3.23. The molecule has 0 atom stereocenters. The molecule has 1 N–H and O–H groups in total. The van der Waals surface area contributed by atoms with E-state index in [2.05, 4.69) is 14.8 Å². The van der Waals surface area contributed by atoms with Gasteiger partial charge in [0.1, 0.15) is 4.90 Å². The van der Waals surface area contributed by atoms with E-state index in [1.807, 2.05) is 19.9 Å². The molecule has 0 aliphatic rings. The number of sulfonamides is 1. The first-order chi connectivity index (χ1) is 9.40. The number of hydrogen-bond donors (Lipinski definition) is 1. The first kappa shape index (κ1) is 14.7. The standard InChI is InChI=1S/C13H18N4O2S/c1-10(2)17-9-13(11(3)16-17)20(18,19)15-8-12-6-4-5-7-14-12/h4-7,9-10,15H,8H2,1-3H3. The van der Waals surface area contributed by atoms with Gasteiger partial charge in [0.25, 0.3) is 0 Å². The SMILES string of the molecule is Cc1nn(C(C)C)cc1S(=O)(=O)NCc1ccccn1. The van der Waals surface area contributed by atoms with Crippen LogP contribution in [0.1, 0.15) is 31.3 Å². The summed E-state index contributed by atoms with van der Waals surface area (Å²) in [5, 5.41) is 4.21. The van der Waals surface area contributed by atoms with Crippen molar-refractivity contribution in [3.63, 3.8) is 0 Å². The highest BCUT2D eigenvalue weighted by Crippen LogP contribution is 2.16. The van der Waals surface area contributed by atoms with Gasteiger partial charge in [-0.25, -0.2) is 13.1 Å². The Morgan fingerprint density at radius 1 is 1.35 bits per heavy atom. The lowest BCUT2D eigenvalue weighted by Crippen LogP contribution is -2.24. The maximum atomic E-state index is 12.3. The summed E-state index contributed by atoms with van der Waals surface area (Å²) in [6.07, 6.45) is 3.19. The molecule has 0 aromatic carbocycles. The first-order valence-electron chi connectivity index (χ1n) is 6.35. The summed E-state index contributed by atoms with van der Waals surface area (Å²) in [6, 6.07) is 5.49. The summed E-state index contributed by atoms with van der Waals surface area (Å²) in [5.41, 5.74) is 1.16. The Hall–Kier alpha value is -1.73. The fraction of sp³-hybridized carbons (Fsp3) is 0.385. The second kappa shape index (κ2) is 5.72. The molecule has 0 bridgehead atoms. The summed E-state index contributed by atoms with van der Waals surface area (Å²) >= 11 is 0. The van der Waals surface area contributed by atoms with Crippen molar-refractivity contribution in [2.45, 2.75) is 38.3 Å². The molecule has 0 saturated carbocycles. The zero-order chi connectivity index (χ0) is 14.8. The van der Waals surface area contributed by atoms with Crippen LogP contribution in [0.4, 0.5) is 0 Å². The molecule has 2 rings (SSSR count). The minimum atomic E-state index is -3.58.